The van der Waals surface area contributed by atoms with Gasteiger partial charge in [-0.2, -0.15) is 0 Å². The zero-order valence-corrected chi connectivity index (χ0v) is 12.0. The molecule has 0 aromatic heterocycles. The molecule has 1 heterocycles. The third-order valence-electron chi connectivity index (χ3n) is 3.63. The normalized spacial score (nSPS) is 16.2. The van der Waals surface area contributed by atoms with E-state index < -0.39 is 0 Å². The van der Waals surface area contributed by atoms with E-state index in [2.05, 4.69) is 6.07 Å². The Kier molecular flexibility index (Phi) is 3.97. The maximum absolute atomic E-state index is 5.90. The number of ether oxygens (including phenoxy) is 3. The van der Waals surface area contributed by atoms with Gasteiger partial charge in [-0.1, -0.05) is 24.3 Å². The van der Waals surface area contributed by atoms with Crippen LogP contribution >= 0.6 is 0 Å². The Bertz CT molecular complexity index is 602. The number of rotatable bonds is 5. The topological polar surface area (TPSA) is 53.7 Å². The zero-order valence-electron chi connectivity index (χ0n) is 12.0. The Morgan fingerprint density at radius 2 is 2.10 bits per heavy atom. The first-order valence-corrected chi connectivity index (χ1v) is 7.04. The molecular formula is C17H19NO3. The molecule has 0 bridgehead atoms. The number of hydrogen-bond acceptors (Lipinski definition) is 4. The van der Waals surface area contributed by atoms with Crippen molar-refractivity contribution in [2.45, 2.75) is 19.1 Å². The summed E-state index contributed by atoms with van der Waals surface area (Å²) >= 11 is 0. The van der Waals surface area contributed by atoms with Crippen LogP contribution in [0, 0.1) is 0 Å². The van der Waals surface area contributed by atoms with E-state index in [0.29, 0.717) is 13.2 Å². The van der Waals surface area contributed by atoms with Gasteiger partial charge in [-0.05, 0) is 17.7 Å². The largest absolute Gasteiger partial charge is 0.497 e. The van der Waals surface area contributed by atoms with E-state index in [4.69, 9.17) is 19.9 Å². The molecule has 0 radical (unpaired) electrons. The smallest absolute Gasteiger partial charge is 0.137 e. The molecule has 4 heteroatoms. The Hall–Kier alpha value is -2.20. The minimum absolute atomic E-state index is 0.0409. The summed E-state index contributed by atoms with van der Waals surface area (Å²) in [4.78, 5) is 0. The van der Waals surface area contributed by atoms with Crippen LogP contribution in [0.4, 0.5) is 0 Å². The second-order valence-electron chi connectivity index (χ2n) is 5.04. The van der Waals surface area contributed by atoms with E-state index in [-0.39, 0.29) is 6.10 Å². The van der Waals surface area contributed by atoms with Crippen LogP contribution < -0.4 is 19.9 Å². The highest BCUT2D eigenvalue weighted by Crippen LogP contribution is 2.29. The summed E-state index contributed by atoms with van der Waals surface area (Å²) < 4.78 is 17.0. The van der Waals surface area contributed by atoms with Crippen LogP contribution in [0.5, 0.6) is 17.2 Å². The summed E-state index contributed by atoms with van der Waals surface area (Å²) in [6.45, 7) is 0.930. The van der Waals surface area contributed by atoms with Gasteiger partial charge >= 0.3 is 0 Å². The van der Waals surface area contributed by atoms with Crippen molar-refractivity contribution in [3.63, 3.8) is 0 Å². The molecular weight excluding hydrogens is 266 g/mol. The highest BCUT2D eigenvalue weighted by atomic mass is 16.5. The van der Waals surface area contributed by atoms with E-state index in [9.17, 15) is 0 Å². The highest BCUT2D eigenvalue weighted by molar-refractivity contribution is 5.41. The first-order valence-electron chi connectivity index (χ1n) is 7.04. The van der Waals surface area contributed by atoms with Crippen LogP contribution in [-0.4, -0.2) is 19.8 Å². The van der Waals surface area contributed by atoms with Crippen molar-refractivity contribution in [3.05, 3.63) is 53.6 Å². The molecule has 0 saturated carbocycles. The average molecular weight is 285 g/mol. The standard InChI is InChI=1S/C17H19NO3/c1-19-14-7-6-13(10-18)17(9-14)20-11-15-8-12-4-2-3-5-16(12)21-15/h2-7,9,15H,8,10-11,18H2,1H3. The average Bonchev–Trinajstić information content (AvgIpc) is 2.95. The van der Waals surface area contributed by atoms with E-state index in [1.54, 1.807) is 7.11 Å². The summed E-state index contributed by atoms with van der Waals surface area (Å²) in [5.41, 5.74) is 7.94. The summed E-state index contributed by atoms with van der Waals surface area (Å²) in [6.07, 6.45) is 0.914. The maximum atomic E-state index is 5.90. The van der Waals surface area contributed by atoms with Gasteiger partial charge in [-0.25, -0.2) is 0 Å². The predicted octanol–water partition coefficient (Wildman–Crippen LogP) is 2.54. The van der Waals surface area contributed by atoms with Gasteiger partial charge in [-0.15, -0.1) is 0 Å². The Labute approximate surface area is 124 Å². The monoisotopic (exact) mass is 285 g/mol. The predicted molar refractivity (Wildman–Crippen MR) is 80.9 cm³/mol. The number of para-hydroxylation sites is 1. The van der Waals surface area contributed by atoms with Crippen molar-refractivity contribution >= 4 is 0 Å². The summed E-state index contributed by atoms with van der Waals surface area (Å²) in [6, 6.07) is 13.8. The molecule has 0 aliphatic carbocycles. The van der Waals surface area contributed by atoms with Gasteiger partial charge in [0.15, 0.2) is 0 Å². The molecule has 3 rings (SSSR count). The van der Waals surface area contributed by atoms with Crippen LogP contribution in [0.25, 0.3) is 0 Å². The van der Waals surface area contributed by atoms with Gasteiger partial charge in [0, 0.05) is 24.6 Å². The zero-order chi connectivity index (χ0) is 14.7. The van der Waals surface area contributed by atoms with Crippen LogP contribution in [0.1, 0.15) is 11.1 Å². The first kappa shape index (κ1) is 13.8. The second-order valence-corrected chi connectivity index (χ2v) is 5.04. The second kappa shape index (κ2) is 6.06. The van der Waals surface area contributed by atoms with Crippen LogP contribution in [0.3, 0.4) is 0 Å². The van der Waals surface area contributed by atoms with Crippen molar-refractivity contribution in [1.82, 2.24) is 0 Å². The van der Waals surface area contributed by atoms with Crippen molar-refractivity contribution in [1.29, 1.82) is 0 Å². The number of methoxy groups -OCH3 is 1. The summed E-state index contributed by atoms with van der Waals surface area (Å²) in [5.74, 6) is 2.48. The molecule has 4 nitrogen and oxygen atoms in total. The molecule has 0 saturated heterocycles. The fourth-order valence-corrected chi connectivity index (χ4v) is 2.49. The lowest BCUT2D eigenvalue weighted by Gasteiger charge is -2.15. The third-order valence-corrected chi connectivity index (χ3v) is 3.63. The van der Waals surface area contributed by atoms with E-state index in [1.807, 2.05) is 36.4 Å². The molecule has 2 N–H and O–H groups in total. The summed E-state index contributed by atoms with van der Waals surface area (Å²) in [7, 11) is 1.64. The number of hydrogen-bond donors (Lipinski definition) is 1. The third kappa shape index (κ3) is 2.95. The molecule has 2 aromatic rings. The molecule has 2 aromatic carbocycles. The Balaban J connectivity index is 1.66. The van der Waals surface area contributed by atoms with Gasteiger partial charge in [0.1, 0.15) is 30.0 Å². The van der Waals surface area contributed by atoms with Gasteiger partial charge in [0.05, 0.1) is 7.11 Å². The lowest BCUT2D eigenvalue weighted by atomic mass is 10.1. The minimum Gasteiger partial charge on any atom is -0.497 e. The van der Waals surface area contributed by atoms with Crippen molar-refractivity contribution in [2.75, 3.05) is 13.7 Å². The molecule has 1 aliphatic rings. The van der Waals surface area contributed by atoms with Crippen LogP contribution in [0.2, 0.25) is 0 Å². The Morgan fingerprint density at radius 1 is 1.24 bits per heavy atom. The molecule has 1 atom stereocenters. The lowest BCUT2D eigenvalue weighted by Crippen LogP contribution is -2.22. The minimum atomic E-state index is 0.0409. The van der Waals surface area contributed by atoms with Gasteiger partial charge < -0.3 is 19.9 Å². The number of nitrogens with two attached hydrogens (primary N) is 1. The molecule has 0 amide bonds. The molecule has 1 aliphatic heterocycles. The fraction of sp³-hybridized carbons (Fsp3) is 0.294. The van der Waals surface area contributed by atoms with Crippen molar-refractivity contribution < 1.29 is 14.2 Å². The number of benzene rings is 2. The molecule has 21 heavy (non-hydrogen) atoms. The quantitative estimate of drug-likeness (QED) is 0.917. The highest BCUT2D eigenvalue weighted by Gasteiger charge is 2.23. The summed E-state index contributed by atoms with van der Waals surface area (Å²) in [5, 5.41) is 0. The fourth-order valence-electron chi connectivity index (χ4n) is 2.49. The van der Waals surface area contributed by atoms with Gasteiger partial charge in [-0.3, -0.25) is 0 Å². The lowest BCUT2D eigenvalue weighted by molar-refractivity contribution is 0.147. The molecule has 1 unspecified atom stereocenters. The van der Waals surface area contributed by atoms with E-state index in [0.717, 1.165) is 29.2 Å². The molecule has 0 fully saturated rings. The first-order chi connectivity index (χ1) is 10.3. The van der Waals surface area contributed by atoms with Crippen LogP contribution in [-0.2, 0) is 13.0 Å². The van der Waals surface area contributed by atoms with Crippen LogP contribution in [0.15, 0.2) is 42.5 Å². The van der Waals surface area contributed by atoms with Gasteiger partial charge in [0.2, 0.25) is 0 Å². The van der Waals surface area contributed by atoms with E-state index in [1.165, 1.54) is 5.56 Å². The van der Waals surface area contributed by atoms with E-state index >= 15 is 0 Å². The maximum Gasteiger partial charge on any atom is 0.137 e. The Morgan fingerprint density at radius 3 is 2.86 bits per heavy atom. The van der Waals surface area contributed by atoms with Crippen molar-refractivity contribution in [2.24, 2.45) is 5.73 Å². The SMILES string of the molecule is COc1ccc(CN)c(OCC2Cc3ccccc3O2)c1. The number of fused-ring (bicyclic) bond motifs is 1. The van der Waals surface area contributed by atoms with Crippen molar-refractivity contribution in [3.8, 4) is 17.2 Å². The molecule has 110 valence electrons. The van der Waals surface area contributed by atoms with Gasteiger partial charge in [0.25, 0.3) is 0 Å². The molecule has 0 spiro atoms.